The number of ether oxygens (including phenoxy) is 2. The summed E-state index contributed by atoms with van der Waals surface area (Å²) in [4.78, 5) is 24.3. The van der Waals surface area contributed by atoms with Crippen molar-refractivity contribution < 1.29 is 31.7 Å². The maximum absolute atomic E-state index is 12.9. The number of rotatable bonds is 3. The zero-order valence-corrected chi connectivity index (χ0v) is 15.5. The second-order valence-electron chi connectivity index (χ2n) is 7.21. The van der Waals surface area contributed by atoms with Gasteiger partial charge in [0.25, 0.3) is 10.1 Å². The summed E-state index contributed by atoms with van der Waals surface area (Å²) >= 11 is 1.36. The van der Waals surface area contributed by atoms with Gasteiger partial charge in [0.05, 0.1) is 16.4 Å². The summed E-state index contributed by atoms with van der Waals surface area (Å²) in [6.45, 7) is 3.09. The number of esters is 2. The molecule has 0 saturated carbocycles. The van der Waals surface area contributed by atoms with Crippen molar-refractivity contribution in [3.8, 4) is 0 Å². The van der Waals surface area contributed by atoms with Crippen LogP contribution in [0, 0.1) is 5.92 Å². The Morgan fingerprint density at radius 3 is 2.72 bits per heavy atom. The summed E-state index contributed by atoms with van der Waals surface area (Å²) in [5, 5.41) is -1.78. The second kappa shape index (κ2) is 5.72. The van der Waals surface area contributed by atoms with E-state index in [-0.39, 0.29) is 0 Å². The van der Waals surface area contributed by atoms with Crippen LogP contribution in [-0.4, -0.2) is 53.9 Å². The van der Waals surface area contributed by atoms with Crippen molar-refractivity contribution in [2.45, 2.75) is 66.7 Å². The predicted octanol–water partition coefficient (Wildman–Crippen LogP) is 1.17. The Bertz CT molecular complexity index is 746. The summed E-state index contributed by atoms with van der Waals surface area (Å²) in [5.41, 5.74) is -0.721. The van der Waals surface area contributed by atoms with Crippen LogP contribution in [0.3, 0.4) is 0 Å². The molecule has 7 atom stereocenters. The largest absolute Gasteiger partial charge is 0.458 e. The van der Waals surface area contributed by atoms with Crippen LogP contribution in [0.25, 0.3) is 0 Å². The van der Waals surface area contributed by atoms with Crippen LogP contribution in [0.2, 0.25) is 0 Å². The van der Waals surface area contributed by atoms with Crippen molar-refractivity contribution in [3.63, 3.8) is 0 Å². The van der Waals surface area contributed by atoms with Gasteiger partial charge >= 0.3 is 11.9 Å². The smallest absolute Gasteiger partial charge is 0.312 e. The van der Waals surface area contributed by atoms with Crippen LogP contribution in [0.5, 0.6) is 0 Å². The van der Waals surface area contributed by atoms with Crippen LogP contribution < -0.4 is 0 Å². The molecule has 7 unspecified atom stereocenters. The Morgan fingerprint density at radius 2 is 2.08 bits per heavy atom. The lowest BCUT2D eigenvalue weighted by Crippen LogP contribution is -2.51. The lowest BCUT2D eigenvalue weighted by molar-refractivity contribution is -0.165. The lowest BCUT2D eigenvalue weighted by atomic mass is 9.84. The van der Waals surface area contributed by atoms with Crippen molar-refractivity contribution in [1.82, 2.24) is 0 Å². The van der Waals surface area contributed by atoms with Crippen LogP contribution in [0.15, 0.2) is 12.2 Å². The summed E-state index contributed by atoms with van der Waals surface area (Å²) < 4.78 is 41.0. The van der Waals surface area contributed by atoms with E-state index in [2.05, 4.69) is 0 Å². The molecule has 3 heterocycles. The lowest BCUT2D eigenvalue weighted by Gasteiger charge is -2.33. The molecule has 9 heteroatoms. The molecular formula is C16H20O7S2. The molecule has 7 nitrogen and oxygen atoms in total. The summed E-state index contributed by atoms with van der Waals surface area (Å²) in [7, 11) is -3.89. The number of allylic oxidation sites excluding steroid dienone is 1. The molecule has 0 amide bonds. The van der Waals surface area contributed by atoms with Crippen LogP contribution >= 0.6 is 11.8 Å². The Labute approximate surface area is 150 Å². The van der Waals surface area contributed by atoms with Crippen molar-refractivity contribution in [3.05, 3.63) is 12.2 Å². The summed E-state index contributed by atoms with van der Waals surface area (Å²) in [6, 6.07) is 0. The first-order valence-corrected chi connectivity index (χ1v) is 10.8. The number of thioether (sulfide) groups is 1. The highest BCUT2D eigenvalue weighted by Crippen LogP contribution is 2.59. The normalized spacial score (nSPS) is 46.2. The van der Waals surface area contributed by atoms with Crippen LogP contribution in [0.1, 0.15) is 33.1 Å². The van der Waals surface area contributed by atoms with Gasteiger partial charge in [0, 0.05) is 6.92 Å². The number of hydrogen-bond acceptors (Lipinski definition) is 8. The predicted molar refractivity (Wildman–Crippen MR) is 89.3 cm³/mol. The first kappa shape index (κ1) is 17.4. The fourth-order valence-electron chi connectivity index (χ4n) is 4.29. The van der Waals surface area contributed by atoms with Gasteiger partial charge in [-0.1, -0.05) is 6.08 Å². The third kappa shape index (κ3) is 2.71. The molecule has 0 aromatic rings. The highest BCUT2D eigenvalue weighted by molar-refractivity contribution is 8.03. The minimum absolute atomic E-state index is 0.397. The molecule has 0 aromatic heterocycles. The second-order valence-corrected chi connectivity index (χ2v) is 10.3. The van der Waals surface area contributed by atoms with Gasteiger partial charge in [-0.3, -0.25) is 13.8 Å². The maximum atomic E-state index is 12.9. The molecule has 3 aliphatic heterocycles. The molecule has 2 bridgehead atoms. The van der Waals surface area contributed by atoms with Gasteiger partial charge in [0.2, 0.25) is 0 Å². The van der Waals surface area contributed by atoms with Gasteiger partial charge in [-0.05, 0) is 32.3 Å². The number of hydrogen-bond donors (Lipinski definition) is 0. The molecule has 1 aliphatic carbocycles. The van der Waals surface area contributed by atoms with E-state index in [4.69, 9.17) is 13.7 Å². The SMILES string of the molecule is CC(=O)OC1C2OS(=O)(=O)C3C2SC1C3C(=O)OC1(C)C=CCCC1. The quantitative estimate of drug-likeness (QED) is 0.404. The maximum Gasteiger partial charge on any atom is 0.312 e. The van der Waals surface area contributed by atoms with Crippen molar-refractivity contribution in [2.24, 2.45) is 5.92 Å². The van der Waals surface area contributed by atoms with Crippen molar-refractivity contribution in [2.75, 3.05) is 0 Å². The van der Waals surface area contributed by atoms with Crippen molar-refractivity contribution in [1.29, 1.82) is 0 Å². The van der Waals surface area contributed by atoms with E-state index in [1.165, 1.54) is 18.7 Å². The van der Waals surface area contributed by atoms with Crippen LogP contribution in [0.4, 0.5) is 0 Å². The highest BCUT2D eigenvalue weighted by Gasteiger charge is 2.73. The minimum atomic E-state index is -3.89. The molecule has 4 aliphatic rings. The molecule has 25 heavy (non-hydrogen) atoms. The standard InChI is InChI=1S/C16H20O7S2/c1-8(17)21-10-11-13-14(25(19,20)23-11)9(12(10)24-13)15(18)22-16(2)6-4-3-5-7-16/h4,6,9-14H,3,5,7H2,1-2H3. The number of carbonyl (C=O) groups excluding carboxylic acids is 2. The molecular weight excluding hydrogens is 368 g/mol. The molecule has 3 fully saturated rings. The fraction of sp³-hybridized carbons (Fsp3) is 0.750. The molecule has 0 spiro atoms. The van der Waals surface area contributed by atoms with Crippen LogP contribution in [-0.2, 0) is 33.4 Å². The Morgan fingerprint density at radius 1 is 1.32 bits per heavy atom. The monoisotopic (exact) mass is 388 g/mol. The van der Waals surface area contributed by atoms with E-state index >= 15 is 0 Å². The topological polar surface area (TPSA) is 96.0 Å². The Kier molecular flexibility index (Phi) is 3.97. The van der Waals surface area contributed by atoms with Gasteiger partial charge in [0.15, 0.2) is 0 Å². The van der Waals surface area contributed by atoms with E-state index in [0.29, 0.717) is 6.42 Å². The molecule has 0 aromatic carbocycles. The van der Waals surface area contributed by atoms with E-state index in [1.807, 2.05) is 19.1 Å². The van der Waals surface area contributed by atoms with E-state index in [1.54, 1.807) is 0 Å². The highest BCUT2D eigenvalue weighted by atomic mass is 32.2. The van der Waals surface area contributed by atoms with E-state index in [9.17, 15) is 18.0 Å². The third-order valence-electron chi connectivity index (χ3n) is 5.32. The zero-order valence-electron chi connectivity index (χ0n) is 13.9. The van der Waals surface area contributed by atoms with Gasteiger partial charge < -0.3 is 9.47 Å². The summed E-state index contributed by atoms with van der Waals surface area (Å²) in [6.07, 6.45) is 4.94. The zero-order chi connectivity index (χ0) is 18.0. The molecule has 4 rings (SSSR count). The third-order valence-corrected chi connectivity index (χ3v) is 8.99. The molecule has 0 N–H and O–H groups in total. The first-order chi connectivity index (χ1) is 11.7. The number of fused-ring (bicyclic) bond motifs is 1. The van der Waals surface area contributed by atoms with Gasteiger partial charge in [-0.2, -0.15) is 8.42 Å². The average molecular weight is 388 g/mol. The average Bonchev–Trinajstić information content (AvgIpc) is 3.09. The van der Waals surface area contributed by atoms with Gasteiger partial charge in [-0.15, -0.1) is 11.8 Å². The minimum Gasteiger partial charge on any atom is -0.458 e. The van der Waals surface area contributed by atoms with Gasteiger partial charge in [-0.25, -0.2) is 0 Å². The number of carbonyl (C=O) groups is 2. The molecule has 3 saturated heterocycles. The molecule has 138 valence electrons. The Hall–Kier alpha value is -1.06. The van der Waals surface area contributed by atoms with E-state index < -0.39 is 61.5 Å². The van der Waals surface area contributed by atoms with Crippen molar-refractivity contribution >= 4 is 33.8 Å². The van der Waals surface area contributed by atoms with Gasteiger partial charge in [0.1, 0.15) is 23.1 Å². The molecule has 0 radical (unpaired) electrons. The summed E-state index contributed by atoms with van der Waals surface area (Å²) in [5.74, 6) is -1.95. The Balaban J connectivity index is 1.62. The first-order valence-electron chi connectivity index (χ1n) is 8.37. The van der Waals surface area contributed by atoms with E-state index in [0.717, 1.165) is 12.8 Å². The fourth-order valence-corrected chi connectivity index (χ4v) is 8.72.